The first-order valence-electron chi connectivity index (χ1n) is 6.94. The van der Waals surface area contributed by atoms with Crippen LogP contribution in [0.3, 0.4) is 0 Å². The summed E-state index contributed by atoms with van der Waals surface area (Å²) < 4.78 is 5.24. The molecule has 0 heterocycles. The highest BCUT2D eigenvalue weighted by Crippen LogP contribution is 2.31. The van der Waals surface area contributed by atoms with Crippen LogP contribution in [-0.2, 0) is 4.79 Å². The van der Waals surface area contributed by atoms with E-state index >= 15 is 0 Å². The Morgan fingerprint density at radius 1 is 1.10 bits per heavy atom. The normalized spacial score (nSPS) is 12.0. The molecule has 0 amide bonds. The third-order valence-corrected chi connectivity index (χ3v) is 3.81. The highest BCUT2D eigenvalue weighted by Gasteiger charge is 2.19. The molecule has 0 radical (unpaired) electrons. The Hall–Kier alpha value is -2.29. The number of hydrogen-bond acceptors (Lipinski definition) is 2. The Morgan fingerprint density at radius 2 is 1.81 bits per heavy atom. The summed E-state index contributed by atoms with van der Waals surface area (Å²) in [6, 6.07) is 13.7. The van der Waals surface area contributed by atoms with Gasteiger partial charge >= 0.3 is 5.97 Å². The van der Waals surface area contributed by atoms with Crippen molar-refractivity contribution in [2.24, 2.45) is 0 Å². The van der Waals surface area contributed by atoms with E-state index in [0.29, 0.717) is 0 Å². The number of rotatable bonds is 5. The van der Waals surface area contributed by atoms with Crippen LogP contribution < -0.4 is 4.74 Å². The zero-order valence-corrected chi connectivity index (χ0v) is 12.6. The maximum absolute atomic E-state index is 11.2. The van der Waals surface area contributed by atoms with Crippen molar-refractivity contribution in [1.82, 2.24) is 0 Å². The molecule has 3 heteroatoms. The van der Waals surface area contributed by atoms with Crippen molar-refractivity contribution >= 4 is 5.97 Å². The summed E-state index contributed by atoms with van der Waals surface area (Å²) in [6.45, 7) is 4.10. The minimum Gasteiger partial charge on any atom is -0.497 e. The van der Waals surface area contributed by atoms with Crippen LogP contribution in [0.1, 0.15) is 34.6 Å². The fraction of sp³-hybridized carbons (Fsp3) is 0.278. The van der Waals surface area contributed by atoms with Crippen LogP contribution in [0.25, 0.3) is 0 Å². The lowest BCUT2D eigenvalue weighted by molar-refractivity contribution is -0.137. The molecule has 0 aromatic heterocycles. The van der Waals surface area contributed by atoms with Crippen molar-refractivity contribution in [3.05, 3.63) is 64.7 Å². The number of aryl methyl sites for hydroxylation is 2. The zero-order valence-electron chi connectivity index (χ0n) is 12.6. The van der Waals surface area contributed by atoms with Crippen LogP contribution in [0.5, 0.6) is 5.75 Å². The fourth-order valence-electron chi connectivity index (χ4n) is 2.44. The van der Waals surface area contributed by atoms with Crippen LogP contribution >= 0.6 is 0 Å². The van der Waals surface area contributed by atoms with E-state index in [1.807, 2.05) is 43.3 Å². The maximum Gasteiger partial charge on any atom is 0.304 e. The summed E-state index contributed by atoms with van der Waals surface area (Å²) in [6.07, 6.45) is 0.0651. The minimum absolute atomic E-state index is 0.0651. The first-order chi connectivity index (χ1) is 10.0. The van der Waals surface area contributed by atoms with Crippen LogP contribution in [-0.4, -0.2) is 18.2 Å². The second-order valence-electron chi connectivity index (χ2n) is 5.27. The Bertz CT molecular complexity index is 647. The molecule has 2 rings (SSSR count). The lowest BCUT2D eigenvalue weighted by atomic mass is 9.87. The van der Waals surface area contributed by atoms with E-state index in [2.05, 4.69) is 13.0 Å². The molecule has 1 N–H and O–H groups in total. The van der Waals surface area contributed by atoms with E-state index in [9.17, 15) is 9.90 Å². The first-order valence-corrected chi connectivity index (χ1v) is 6.94. The smallest absolute Gasteiger partial charge is 0.304 e. The molecular weight excluding hydrogens is 264 g/mol. The van der Waals surface area contributed by atoms with Gasteiger partial charge in [0.15, 0.2) is 0 Å². The van der Waals surface area contributed by atoms with Crippen molar-refractivity contribution in [2.45, 2.75) is 26.2 Å². The Labute approximate surface area is 125 Å². The standard InChI is InChI=1S/C18H20O3/c1-12-7-8-15(9-13(12)2)17(11-18(19)20)14-5-4-6-16(10-14)21-3/h4-10,17H,11H2,1-3H3,(H,19,20). The predicted molar refractivity (Wildman–Crippen MR) is 83.0 cm³/mol. The SMILES string of the molecule is COc1cccc(C(CC(=O)O)c2ccc(C)c(C)c2)c1. The molecule has 1 atom stereocenters. The summed E-state index contributed by atoms with van der Waals surface area (Å²) in [4.78, 5) is 11.2. The number of methoxy groups -OCH3 is 1. The maximum atomic E-state index is 11.2. The van der Waals surface area contributed by atoms with E-state index in [0.717, 1.165) is 16.9 Å². The third-order valence-electron chi connectivity index (χ3n) is 3.81. The summed E-state index contributed by atoms with van der Waals surface area (Å²) in [5, 5.41) is 9.23. The van der Waals surface area contributed by atoms with Gasteiger partial charge in [0.25, 0.3) is 0 Å². The molecule has 3 nitrogen and oxygen atoms in total. The van der Waals surface area contributed by atoms with Crippen LogP contribution in [0, 0.1) is 13.8 Å². The molecule has 0 bridgehead atoms. The Balaban J connectivity index is 2.46. The molecule has 2 aromatic rings. The van der Waals surface area contributed by atoms with Gasteiger partial charge in [0.1, 0.15) is 5.75 Å². The molecule has 110 valence electrons. The van der Waals surface area contributed by atoms with Crippen molar-refractivity contribution in [3.63, 3.8) is 0 Å². The molecule has 0 aliphatic carbocycles. The second-order valence-corrected chi connectivity index (χ2v) is 5.27. The number of carbonyl (C=O) groups is 1. The van der Waals surface area contributed by atoms with E-state index in [1.165, 1.54) is 11.1 Å². The molecule has 0 aliphatic rings. The Kier molecular flexibility index (Phi) is 4.63. The zero-order chi connectivity index (χ0) is 15.4. The highest BCUT2D eigenvalue weighted by molar-refractivity contribution is 5.69. The quantitative estimate of drug-likeness (QED) is 0.905. The number of carboxylic acids is 1. The van der Waals surface area contributed by atoms with E-state index in [-0.39, 0.29) is 12.3 Å². The first kappa shape index (κ1) is 15.1. The lowest BCUT2D eigenvalue weighted by Gasteiger charge is -2.18. The topological polar surface area (TPSA) is 46.5 Å². The molecule has 21 heavy (non-hydrogen) atoms. The Morgan fingerprint density at radius 3 is 2.43 bits per heavy atom. The summed E-state index contributed by atoms with van der Waals surface area (Å²) in [5.74, 6) is -0.232. The van der Waals surface area contributed by atoms with Gasteiger partial charge in [0, 0.05) is 5.92 Å². The van der Waals surface area contributed by atoms with Gasteiger partial charge in [-0.1, -0.05) is 30.3 Å². The molecule has 2 aromatic carbocycles. The molecular formula is C18H20O3. The third kappa shape index (κ3) is 3.63. The van der Waals surface area contributed by atoms with Crippen molar-refractivity contribution in [2.75, 3.05) is 7.11 Å². The van der Waals surface area contributed by atoms with Crippen LogP contribution in [0.4, 0.5) is 0 Å². The van der Waals surface area contributed by atoms with Gasteiger partial charge in [-0.15, -0.1) is 0 Å². The summed E-state index contributed by atoms with van der Waals surface area (Å²) in [5.41, 5.74) is 4.36. The van der Waals surface area contributed by atoms with Crippen molar-refractivity contribution < 1.29 is 14.6 Å². The number of carboxylic acid groups (broad SMARTS) is 1. The minimum atomic E-state index is -0.805. The summed E-state index contributed by atoms with van der Waals surface area (Å²) >= 11 is 0. The fourth-order valence-corrected chi connectivity index (χ4v) is 2.44. The number of benzene rings is 2. The van der Waals surface area contributed by atoms with E-state index < -0.39 is 5.97 Å². The summed E-state index contributed by atoms with van der Waals surface area (Å²) in [7, 11) is 1.61. The highest BCUT2D eigenvalue weighted by atomic mass is 16.5. The van der Waals surface area contributed by atoms with Crippen LogP contribution in [0.2, 0.25) is 0 Å². The molecule has 1 unspecified atom stereocenters. The van der Waals surface area contributed by atoms with Crippen LogP contribution in [0.15, 0.2) is 42.5 Å². The van der Waals surface area contributed by atoms with Gasteiger partial charge in [0.2, 0.25) is 0 Å². The predicted octanol–water partition coefficient (Wildman–Crippen LogP) is 3.92. The molecule has 0 saturated carbocycles. The number of ether oxygens (including phenoxy) is 1. The van der Waals surface area contributed by atoms with E-state index in [4.69, 9.17) is 4.74 Å². The lowest BCUT2D eigenvalue weighted by Crippen LogP contribution is -2.08. The molecule has 0 aliphatic heterocycles. The van der Waals surface area contributed by atoms with Gasteiger partial charge in [0.05, 0.1) is 13.5 Å². The molecule has 0 saturated heterocycles. The average Bonchev–Trinajstić information content (AvgIpc) is 2.47. The van der Waals surface area contributed by atoms with Gasteiger partial charge in [-0.3, -0.25) is 4.79 Å². The number of hydrogen-bond donors (Lipinski definition) is 1. The largest absolute Gasteiger partial charge is 0.497 e. The van der Waals surface area contributed by atoms with Crippen molar-refractivity contribution in [3.8, 4) is 5.75 Å². The van der Waals surface area contributed by atoms with E-state index in [1.54, 1.807) is 7.11 Å². The molecule has 0 fully saturated rings. The van der Waals surface area contributed by atoms with Gasteiger partial charge in [-0.05, 0) is 48.2 Å². The van der Waals surface area contributed by atoms with Gasteiger partial charge in [-0.25, -0.2) is 0 Å². The monoisotopic (exact) mass is 284 g/mol. The molecule has 0 spiro atoms. The average molecular weight is 284 g/mol. The van der Waals surface area contributed by atoms with Gasteiger partial charge < -0.3 is 9.84 Å². The van der Waals surface area contributed by atoms with Gasteiger partial charge in [-0.2, -0.15) is 0 Å². The number of aliphatic carboxylic acids is 1. The second kappa shape index (κ2) is 6.44. The van der Waals surface area contributed by atoms with Crippen molar-refractivity contribution in [1.29, 1.82) is 0 Å².